The fourth-order valence-electron chi connectivity index (χ4n) is 3.22. The van der Waals surface area contributed by atoms with Crippen molar-refractivity contribution in [2.24, 2.45) is 0 Å². The Morgan fingerprint density at radius 2 is 1.72 bits per heavy atom. The Labute approximate surface area is 179 Å². The third kappa shape index (κ3) is 7.58. The minimum absolute atomic E-state index is 0.00167. The molecule has 0 fully saturated rings. The highest BCUT2D eigenvalue weighted by molar-refractivity contribution is 7.99. The van der Waals surface area contributed by atoms with Gasteiger partial charge in [-0.2, -0.15) is 0 Å². The van der Waals surface area contributed by atoms with Crippen molar-refractivity contribution in [3.63, 3.8) is 0 Å². The van der Waals surface area contributed by atoms with E-state index in [4.69, 9.17) is 0 Å². The average molecular weight is 413 g/mol. The number of nitrogens with zero attached hydrogens (tertiary/aromatic N) is 1. The molecule has 5 heteroatoms. The molecule has 2 aromatic rings. The quantitative estimate of drug-likeness (QED) is 0.622. The fourth-order valence-corrected chi connectivity index (χ4v) is 4.09. The van der Waals surface area contributed by atoms with Crippen LogP contribution in [0.3, 0.4) is 0 Å². The van der Waals surface area contributed by atoms with Crippen molar-refractivity contribution in [3.05, 3.63) is 71.3 Å². The maximum Gasteiger partial charge on any atom is 0.243 e. The molecule has 0 heterocycles. The van der Waals surface area contributed by atoms with Crippen molar-refractivity contribution in [2.45, 2.75) is 58.5 Å². The molecule has 1 N–H and O–H groups in total. The Hall–Kier alpha value is -2.27. The zero-order valence-corrected chi connectivity index (χ0v) is 18.7. The van der Waals surface area contributed by atoms with E-state index in [1.807, 2.05) is 64.1 Å². The van der Waals surface area contributed by atoms with Crippen molar-refractivity contribution < 1.29 is 9.59 Å². The molecule has 29 heavy (non-hydrogen) atoms. The average Bonchev–Trinajstić information content (AvgIpc) is 2.68. The van der Waals surface area contributed by atoms with Crippen molar-refractivity contribution in [3.8, 4) is 0 Å². The number of carbonyl (C=O) groups is 2. The lowest BCUT2D eigenvalue weighted by atomic mass is 10.1. The van der Waals surface area contributed by atoms with Crippen molar-refractivity contribution >= 4 is 23.6 Å². The molecule has 0 bridgehead atoms. The van der Waals surface area contributed by atoms with Crippen LogP contribution in [0.4, 0.5) is 0 Å². The summed E-state index contributed by atoms with van der Waals surface area (Å²) in [6, 6.07) is 17.8. The number of hydrogen-bond acceptors (Lipinski definition) is 3. The van der Waals surface area contributed by atoms with Crippen molar-refractivity contribution in [1.82, 2.24) is 10.2 Å². The molecule has 0 aliphatic heterocycles. The van der Waals surface area contributed by atoms with Crippen molar-refractivity contribution in [1.29, 1.82) is 0 Å². The number of benzene rings is 2. The van der Waals surface area contributed by atoms with E-state index in [2.05, 4.69) is 23.5 Å². The Morgan fingerprint density at radius 3 is 2.34 bits per heavy atom. The first-order valence-electron chi connectivity index (χ1n) is 10.2. The Kier molecular flexibility index (Phi) is 9.26. The molecule has 0 aliphatic carbocycles. The normalized spacial score (nSPS) is 11.9. The Morgan fingerprint density at radius 1 is 1.03 bits per heavy atom. The number of thioether (sulfide) groups is 1. The summed E-state index contributed by atoms with van der Waals surface area (Å²) in [6.07, 6.45) is 0.583. The summed E-state index contributed by atoms with van der Waals surface area (Å²) in [4.78, 5) is 27.7. The van der Waals surface area contributed by atoms with Crippen LogP contribution < -0.4 is 5.32 Å². The summed E-state index contributed by atoms with van der Waals surface area (Å²) in [7, 11) is 0. The molecule has 4 nitrogen and oxygen atoms in total. The summed E-state index contributed by atoms with van der Waals surface area (Å²) in [6.45, 7) is 8.31. The number of nitrogens with one attached hydrogen (secondary N) is 1. The molecular weight excluding hydrogens is 380 g/mol. The van der Waals surface area contributed by atoms with Gasteiger partial charge in [0.25, 0.3) is 0 Å². The zero-order valence-electron chi connectivity index (χ0n) is 17.9. The number of hydrogen-bond donors (Lipinski definition) is 1. The van der Waals surface area contributed by atoms with E-state index in [1.165, 1.54) is 5.56 Å². The van der Waals surface area contributed by atoms with Gasteiger partial charge >= 0.3 is 0 Å². The van der Waals surface area contributed by atoms with Crippen LogP contribution in [0.15, 0.2) is 54.6 Å². The van der Waals surface area contributed by atoms with E-state index in [-0.39, 0.29) is 17.9 Å². The van der Waals surface area contributed by atoms with Crippen LogP contribution in [0.2, 0.25) is 0 Å². The number of aryl methyl sites for hydroxylation is 1. The van der Waals surface area contributed by atoms with E-state index in [1.54, 1.807) is 16.7 Å². The van der Waals surface area contributed by atoms with Crippen LogP contribution in [-0.4, -0.2) is 34.6 Å². The van der Waals surface area contributed by atoms with Gasteiger partial charge < -0.3 is 10.2 Å². The maximum atomic E-state index is 13.1. The van der Waals surface area contributed by atoms with Crippen LogP contribution in [0.25, 0.3) is 0 Å². The number of rotatable bonds is 10. The fraction of sp³-hybridized carbons (Fsp3) is 0.417. The van der Waals surface area contributed by atoms with Crippen LogP contribution in [-0.2, 0) is 21.9 Å². The standard InChI is InChI=1S/C24H32N2O2S/c1-5-22(24(28)25-18(2)3)26(15-21-13-9-10-19(4)14-21)23(27)17-29-16-20-11-7-6-8-12-20/h6-14,18,22H,5,15-17H2,1-4H3,(H,25,28)/t22-/m1/s1. The second-order valence-electron chi connectivity index (χ2n) is 7.58. The zero-order chi connectivity index (χ0) is 21.2. The smallest absolute Gasteiger partial charge is 0.243 e. The molecule has 0 unspecified atom stereocenters. The van der Waals surface area contributed by atoms with Crippen molar-refractivity contribution in [2.75, 3.05) is 5.75 Å². The summed E-state index contributed by atoms with van der Waals surface area (Å²) in [5.41, 5.74) is 3.38. The molecule has 1 atom stereocenters. The number of carbonyl (C=O) groups excluding carboxylic acids is 2. The molecule has 156 valence electrons. The van der Waals surface area contributed by atoms with E-state index < -0.39 is 6.04 Å². The lowest BCUT2D eigenvalue weighted by molar-refractivity contribution is -0.139. The first-order valence-corrected chi connectivity index (χ1v) is 11.3. The monoisotopic (exact) mass is 412 g/mol. The molecular formula is C24H32N2O2S. The molecule has 0 aliphatic rings. The van der Waals surface area contributed by atoms with E-state index in [9.17, 15) is 9.59 Å². The van der Waals surface area contributed by atoms with Gasteiger partial charge in [0.2, 0.25) is 11.8 Å². The lowest BCUT2D eigenvalue weighted by Gasteiger charge is -2.31. The summed E-state index contributed by atoms with van der Waals surface area (Å²) >= 11 is 1.59. The SMILES string of the molecule is CC[C@H](C(=O)NC(C)C)N(Cc1cccc(C)c1)C(=O)CSCc1ccccc1. The van der Waals surface area contributed by atoms with Gasteiger partial charge in [-0.15, -0.1) is 11.8 Å². The number of amides is 2. The van der Waals surface area contributed by atoms with Crippen LogP contribution in [0.1, 0.15) is 43.9 Å². The highest BCUT2D eigenvalue weighted by atomic mass is 32.2. The Balaban J connectivity index is 2.13. The third-order valence-electron chi connectivity index (χ3n) is 4.59. The summed E-state index contributed by atoms with van der Waals surface area (Å²) < 4.78 is 0. The second kappa shape index (κ2) is 11.7. The van der Waals surface area contributed by atoms with Crippen LogP contribution >= 0.6 is 11.8 Å². The largest absolute Gasteiger partial charge is 0.352 e. The topological polar surface area (TPSA) is 49.4 Å². The third-order valence-corrected chi connectivity index (χ3v) is 5.58. The molecule has 0 saturated heterocycles. The summed E-state index contributed by atoms with van der Waals surface area (Å²) in [5.74, 6) is 1.04. The molecule has 2 amide bonds. The first kappa shape index (κ1) is 23.0. The van der Waals surface area contributed by atoms with E-state index >= 15 is 0 Å². The molecule has 2 aromatic carbocycles. The minimum atomic E-state index is -0.470. The lowest BCUT2D eigenvalue weighted by Crippen LogP contribution is -2.50. The van der Waals surface area contributed by atoms with Gasteiger partial charge in [-0.3, -0.25) is 9.59 Å². The molecule has 0 radical (unpaired) electrons. The van der Waals surface area contributed by atoms with Gasteiger partial charge in [0, 0.05) is 18.3 Å². The van der Waals surface area contributed by atoms with Gasteiger partial charge in [-0.1, -0.05) is 67.1 Å². The van der Waals surface area contributed by atoms with E-state index in [0.29, 0.717) is 18.7 Å². The first-order chi connectivity index (χ1) is 13.9. The maximum absolute atomic E-state index is 13.1. The van der Waals surface area contributed by atoms with Gasteiger partial charge in [0.15, 0.2) is 0 Å². The molecule has 2 rings (SSSR count). The molecule has 0 spiro atoms. The van der Waals surface area contributed by atoms with E-state index in [0.717, 1.165) is 16.9 Å². The molecule has 0 saturated carbocycles. The highest BCUT2D eigenvalue weighted by Gasteiger charge is 2.28. The predicted molar refractivity (Wildman–Crippen MR) is 122 cm³/mol. The highest BCUT2D eigenvalue weighted by Crippen LogP contribution is 2.18. The Bertz CT molecular complexity index is 792. The minimum Gasteiger partial charge on any atom is -0.352 e. The van der Waals surface area contributed by atoms with Gasteiger partial charge in [-0.05, 0) is 38.3 Å². The van der Waals surface area contributed by atoms with Gasteiger partial charge in [-0.25, -0.2) is 0 Å². The molecule has 0 aromatic heterocycles. The van der Waals surface area contributed by atoms with Gasteiger partial charge in [0.05, 0.1) is 5.75 Å². The summed E-state index contributed by atoms with van der Waals surface area (Å²) in [5, 5.41) is 2.97. The predicted octanol–water partition coefficient (Wildman–Crippen LogP) is 4.56. The van der Waals surface area contributed by atoms with Crippen LogP contribution in [0, 0.1) is 6.92 Å². The van der Waals surface area contributed by atoms with Crippen LogP contribution in [0.5, 0.6) is 0 Å². The second-order valence-corrected chi connectivity index (χ2v) is 8.56. The van der Waals surface area contributed by atoms with Gasteiger partial charge in [0.1, 0.15) is 6.04 Å².